The lowest BCUT2D eigenvalue weighted by Gasteiger charge is -2.17. The highest BCUT2D eigenvalue weighted by atomic mass is 35.5. The van der Waals surface area contributed by atoms with Gasteiger partial charge in [0.05, 0.1) is 27.4 Å². The van der Waals surface area contributed by atoms with Crippen molar-refractivity contribution in [3.63, 3.8) is 0 Å². The van der Waals surface area contributed by atoms with Gasteiger partial charge in [0.25, 0.3) is 5.91 Å². The molecule has 2 aromatic heterocycles. The summed E-state index contributed by atoms with van der Waals surface area (Å²) in [6.45, 7) is 2.22. The minimum absolute atomic E-state index is 0.275. The number of aromatic nitrogens is 1. The van der Waals surface area contributed by atoms with Crippen LogP contribution in [0.15, 0.2) is 48.5 Å². The summed E-state index contributed by atoms with van der Waals surface area (Å²) in [6.07, 6.45) is 2.89. The lowest BCUT2D eigenvalue weighted by Crippen LogP contribution is -2.13. The molecule has 5 rings (SSSR count). The van der Waals surface area contributed by atoms with Gasteiger partial charge in [0, 0.05) is 20.8 Å². The Bertz CT molecular complexity index is 1450. The Balaban J connectivity index is 1.59. The van der Waals surface area contributed by atoms with E-state index >= 15 is 0 Å². The highest BCUT2D eigenvalue weighted by Crippen LogP contribution is 2.40. The number of pyridine rings is 1. The summed E-state index contributed by atoms with van der Waals surface area (Å²) in [4.78, 5) is 19.4. The fourth-order valence-corrected chi connectivity index (χ4v) is 6.19. The van der Waals surface area contributed by atoms with Crippen LogP contribution in [0.25, 0.3) is 22.2 Å². The summed E-state index contributed by atoms with van der Waals surface area (Å²) < 4.78 is 0. The van der Waals surface area contributed by atoms with Crippen LogP contribution in [0, 0.1) is 17.2 Å². The third-order valence-electron chi connectivity index (χ3n) is 6.02. The Hall–Kier alpha value is -2.91. The number of carbonyl (C=O) groups is 1. The number of nitrogens with one attached hydrogen (secondary N) is 1. The minimum atomic E-state index is -0.275. The Kier molecular flexibility index (Phi) is 5.84. The van der Waals surface area contributed by atoms with Crippen molar-refractivity contribution in [3.05, 3.63) is 80.1 Å². The fourth-order valence-electron chi connectivity index (χ4n) is 4.33. The summed E-state index contributed by atoms with van der Waals surface area (Å²) in [6, 6.07) is 16.8. The Labute approximate surface area is 205 Å². The van der Waals surface area contributed by atoms with E-state index in [-0.39, 0.29) is 5.91 Å². The van der Waals surface area contributed by atoms with Gasteiger partial charge in [-0.15, -0.1) is 11.3 Å². The molecular weight excluding hydrogens is 473 g/mol. The Morgan fingerprint density at radius 1 is 1.21 bits per heavy atom. The maximum atomic E-state index is 13.5. The van der Waals surface area contributed by atoms with Crippen LogP contribution in [-0.2, 0) is 12.8 Å². The van der Waals surface area contributed by atoms with E-state index in [9.17, 15) is 10.1 Å². The van der Waals surface area contributed by atoms with E-state index in [1.807, 2.05) is 24.3 Å². The lowest BCUT2D eigenvalue weighted by molar-refractivity contribution is 0.102. The molecule has 1 N–H and O–H groups in total. The van der Waals surface area contributed by atoms with Gasteiger partial charge in [-0.2, -0.15) is 5.26 Å². The molecule has 1 aliphatic carbocycles. The van der Waals surface area contributed by atoms with Crippen molar-refractivity contribution in [1.29, 1.82) is 5.26 Å². The molecule has 0 saturated heterocycles. The Morgan fingerprint density at radius 3 is 2.82 bits per heavy atom. The van der Waals surface area contributed by atoms with Gasteiger partial charge in [0.1, 0.15) is 11.1 Å². The van der Waals surface area contributed by atoms with Crippen LogP contribution >= 0.6 is 34.5 Å². The summed E-state index contributed by atoms with van der Waals surface area (Å²) in [5, 5.41) is 15.2. The molecule has 164 valence electrons. The van der Waals surface area contributed by atoms with Crippen molar-refractivity contribution in [1.82, 2.24) is 4.98 Å². The number of nitrogens with zero attached hydrogens (tertiary/aromatic N) is 2. The van der Waals surface area contributed by atoms with E-state index in [4.69, 9.17) is 28.2 Å². The van der Waals surface area contributed by atoms with Gasteiger partial charge in [0.15, 0.2) is 0 Å². The summed E-state index contributed by atoms with van der Waals surface area (Å²) in [7, 11) is 0. The average molecular weight is 492 g/mol. The average Bonchev–Trinajstić information content (AvgIpc) is 3.14. The summed E-state index contributed by atoms with van der Waals surface area (Å²) in [5.41, 5.74) is 4.12. The molecule has 2 aromatic carbocycles. The van der Waals surface area contributed by atoms with Gasteiger partial charge in [0.2, 0.25) is 0 Å². The largest absolute Gasteiger partial charge is 0.312 e. The minimum Gasteiger partial charge on any atom is -0.312 e. The maximum absolute atomic E-state index is 13.5. The number of benzene rings is 2. The zero-order valence-electron chi connectivity index (χ0n) is 17.8. The van der Waals surface area contributed by atoms with Crippen LogP contribution in [0.2, 0.25) is 10.0 Å². The highest BCUT2D eigenvalue weighted by molar-refractivity contribution is 7.16. The molecule has 4 nitrogen and oxygen atoms in total. The molecule has 0 fully saturated rings. The maximum Gasteiger partial charge on any atom is 0.257 e. The summed E-state index contributed by atoms with van der Waals surface area (Å²) in [5.74, 6) is 0.310. The molecule has 0 radical (unpaired) electrons. The molecule has 0 unspecified atom stereocenters. The number of amides is 1. The highest BCUT2D eigenvalue weighted by Gasteiger charge is 2.25. The van der Waals surface area contributed by atoms with E-state index in [1.54, 1.807) is 24.3 Å². The van der Waals surface area contributed by atoms with Crippen LogP contribution in [0.3, 0.4) is 0 Å². The third kappa shape index (κ3) is 4.11. The monoisotopic (exact) mass is 491 g/mol. The van der Waals surface area contributed by atoms with Gasteiger partial charge >= 0.3 is 0 Å². The van der Waals surface area contributed by atoms with Gasteiger partial charge in [-0.3, -0.25) is 4.79 Å². The van der Waals surface area contributed by atoms with Crippen LogP contribution in [0.5, 0.6) is 0 Å². The van der Waals surface area contributed by atoms with Crippen molar-refractivity contribution in [3.8, 4) is 17.3 Å². The number of para-hydroxylation sites is 1. The first-order valence-corrected chi connectivity index (χ1v) is 12.2. The number of thiophene rings is 1. The standard InChI is InChI=1S/C26H19Cl2N3OS/c1-14-6-8-17-20(13-29)26(33-24(17)10-14)31-25(32)19-12-23(18-9-7-15(27)11-21(18)28)30-22-5-3-2-4-16(19)22/h2-5,7,9,11-12,14H,6,8,10H2,1H3,(H,31,32)/t14-/m0/s1. The van der Waals surface area contributed by atoms with Gasteiger partial charge < -0.3 is 5.32 Å². The second-order valence-electron chi connectivity index (χ2n) is 8.32. The SMILES string of the molecule is C[C@H]1CCc2c(sc(NC(=O)c3cc(-c4ccc(Cl)cc4Cl)nc4ccccc34)c2C#N)C1. The number of hydrogen-bond acceptors (Lipinski definition) is 4. The van der Waals surface area contributed by atoms with Crippen LogP contribution < -0.4 is 5.32 Å². The molecule has 2 heterocycles. The second kappa shape index (κ2) is 8.79. The number of carbonyl (C=O) groups excluding carboxylic acids is 1. The predicted molar refractivity (Wildman–Crippen MR) is 135 cm³/mol. The molecule has 7 heteroatoms. The molecule has 1 amide bonds. The molecule has 0 bridgehead atoms. The smallest absolute Gasteiger partial charge is 0.257 e. The quantitative estimate of drug-likeness (QED) is 0.322. The predicted octanol–water partition coefficient (Wildman–Crippen LogP) is 7.52. The molecular formula is C26H19Cl2N3OS. The van der Waals surface area contributed by atoms with E-state index in [1.165, 1.54) is 16.2 Å². The van der Waals surface area contributed by atoms with Gasteiger partial charge in [-0.05, 0) is 61.1 Å². The normalized spacial score (nSPS) is 15.2. The molecule has 33 heavy (non-hydrogen) atoms. The first-order chi connectivity index (χ1) is 15.9. The van der Waals surface area contributed by atoms with Crippen molar-refractivity contribution >= 4 is 56.3 Å². The van der Waals surface area contributed by atoms with Crippen molar-refractivity contribution < 1.29 is 4.79 Å². The molecule has 1 aliphatic rings. The molecule has 0 aliphatic heterocycles. The van der Waals surface area contributed by atoms with E-state index in [0.717, 1.165) is 30.2 Å². The van der Waals surface area contributed by atoms with Gasteiger partial charge in [-0.25, -0.2) is 4.98 Å². The van der Waals surface area contributed by atoms with Crippen LogP contribution in [0.4, 0.5) is 5.00 Å². The lowest BCUT2D eigenvalue weighted by atomic mass is 9.88. The first kappa shape index (κ1) is 21.9. The van der Waals surface area contributed by atoms with Crippen LogP contribution in [0.1, 0.15) is 39.7 Å². The number of nitriles is 1. The zero-order valence-corrected chi connectivity index (χ0v) is 20.1. The van der Waals surface area contributed by atoms with Gasteiger partial charge in [-0.1, -0.05) is 48.3 Å². The Morgan fingerprint density at radius 2 is 2.03 bits per heavy atom. The summed E-state index contributed by atoms with van der Waals surface area (Å²) >= 11 is 14.0. The number of hydrogen-bond donors (Lipinski definition) is 1. The topological polar surface area (TPSA) is 65.8 Å². The zero-order chi connectivity index (χ0) is 23.1. The van der Waals surface area contributed by atoms with Crippen molar-refractivity contribution in [2.24, 2.45) is 5.92 Å². The van der Waals surface area contributed by atoms with E-state index in [2.05, 4.69) is 18.3 Å². The van der Waals surface area contributed by atoms with E-state index < -0.39 is 0 Å². The fraction of sp³-hybridized carbons (Fsp3) is 0.192. The molecule has 0 saturated carbocycles. The number of fused-ring (bicyclic) bond motifs is 2. The van der Waals surface area contributed by atoms with Crippen molar-refractivity contribution in [2.45, 2.75) is 26.2 Å². The first-order valence-electron chi connectivity index (χ1n) is 10.7. The number of rotatable bonds is 3. The molecule has 0 spiro atoms. The molecule has 1 atom stereocenters. The number of halogens is 2. The second-order valence-corrected chi connectivity index (χ2v) is 10.3. The molecule has 4 aromatic rings. The third-order valence-corrected chi connectivity index (χ3v) is 7.74. The van der Waals surface area contributed by atoms with Crippen molar-refractivity contribution in [2.75, 3.05) is 5.32 Å². The van der Waals surface area contributed by atoms with E-state index in [0.29, 0.717) is 48.9 Å². The number of anilines is 1. The van der Waals surface area contributed by atoms with Crippen LogP contribution in [-0.4, -0.2) is 10.9 Å².